The third-order valence-electron chi connectivity index (χ3n) is 6.45. The Bertz CT molecular complexity index is 1050. The number of carboxylic acid groups (broad SMARTS) is 1. The van der Waals surface area contributed by atoms with E-state index in [0.717, 1.165) is 11.1 Å². The van der Waals surface area contributed by atoms with Crippen LogP contribution in [0.3, 0.4) is 0 Å². The van der Waals surface area contributed by atoms with Crippen LogP contribution in [0.2, 0.25) is 0 Å². The van der Waals surface area contributed by atoms with E-state index in [2.05, 4.69) is 5.32 Å². The van der Waals surface area contributed by atoms with Gasteiger partial charge in [-0.25, -0.2) is 4.79 Å². The summed E-state index contributed by atoms with van der Waals surface area (Å²) < 4.78 is 5.41. The maximum Gasteiger partial charge on any atom is 0.407 e. The van der Waals surface area contributed by atoms with Gasteiger partial charge in [0.1, 0.15) is 11.7 Å². The van der Waals surface area contributed by atoms with Gasteiger partial charge in [-0.1, -0.05) is 60.7 Å². The highest BCUT2D eigenvalue weighted by Gasteiger charge is 2.35. The lowest BCUT2D eigenvalue weighted by atomic mass is 9.94. The van der Waals surface area contributed by atoms with Crippen LogP contribution in [-0.4, -0.2) is 87.8 Å². The van der Waals surface area contributed by atoms with Crippen molar-refractivity contribution in [1.82, 2.24) is 15.1 Å². The van der Waals surface area contributed by atoms with Gasteiger partial charge >= 0.3 is 6.09 Å². The average molecular weight is 557 g/mol. The fraction of sp³-hybridized carbons (Fsp3) is 0.548. The maximum atomic E-state index is 12.6. The summed E-state index contributed by atoms with van der Waals surface area (Å²) in [6.07, 6.45) is -3.41. The van der Waals surface area contributed by atoms with E-state index in [1.165, 1.54) is 4.90 Å². The number of ether oxygens (including phenoxy) is 1. The molecule has 2 amide bonds. The molecule has 0 aromatic heterocycles. The Balaban J connectivity index is 2.19. The fourth-order valence-corrected chi connectivity index (χ4v) is 4.73. The van der Waals surface area contributed by atoms with Gasteiger partial charge in [0.2, 0.25) is 0 Å². The highest BCUT2D eigenvalue weighted by atomic mass is 16.6. The Labute approximate surface area is 238 Å². The third-order valence-corrected chi connectivity index (χ3v) is 6.45. The summed E-state index contributed by atoms with van der Waals surface area (Å²) in [6.45, 7) is 10.8. The summed E-state index contributed by atoms with van der Waals surface area (Å²) in [7, 11) is 1.74. The molecule has 3 N–H and O–H groups in total. The van der Waals surface area contributed by atoms with Crippen molar-refractivity contribution in [2.45, 2.75) is 89.8 Å². The van der Waals surface area contributed by atoms with Crippen LogP contribution in [0.15, 0.2) is 60.7 Å². The van der Waals surface area contributed by atoms with Gasteiger partial charge in [-0.2, -0.15) is 0 Å². The van der Waals surface area contributed by atoms with Crippen LogP contribution in [0.1, 0.15) is 52.7 Å². The number of rotatable bonds is 12. The van der Waals surface area contributed by atoms with Crippen molar-refractivity contribution in [3.05, 3.63) is 71.8 Å². The number of hydrogen-bond acceptors (Lipinski definition) is 7. The van der Waals surface area contributed by atoms with Gasteiger partial charge in [0.25, 0.3) is 0 Å². The Kier molecular flexibility index (Phi) is 12.0. The van der Waals surface area contributed by atoms with Crippen LogP contribution in [0.5, 0.6) is 0 Å². The predicted octanol–water partition coefficient (Wildman–Crippen LogP) is 2.83. The molecule has 2 aromatic carbocycles. The second-order valence-corrected chi connectivity index (χ2v) is 12.4. The summed E-state index contributed by atoms with van der Waals surface area (Å²) in [4.78, 5) is 27.7. The first-order valence-corrected chi connectivity index (χ1v) is 13.7. The summed E-state index contributed by atoms with van der Waals surface area (Å²) in [5, 5.41) is 37.5. The molecule has 9 nitrogen and oxygen atoms in total. The van der Waals surface area contributed by atoms with Crippen molar-refractivity contribution in [3.8, 4) is 0 Å². The smallest absolute Gasteiger partial charge is 0.407 e. The number of aliphatic hydroxyl groups excluding tert-OH is 2. The highest BCUT2D eigenvalue weighted by molar-refractivity contribution is 5.68. The van der Waals surface area contributed by atoms with E-state index in [1.54, 1.807) is 53.5 Å². The minimum absolute atomic E-state index is 0.0823. The zero-order valence-corrected chi connectivity index (χ0v) is 24.8. The van der Waals surface area contributed by atoms with Gasteiger partial charge in [0.05, 0.1) is 24.3 Å². The zero-order chi connectivity index (χ0) is 30.1. The van der Waals surface area contributed by atoms with Gasteiger partial charge < -0.3 is 40.0 Å². The number of likely N-dealkylation sites (N-methyl/N-ethyl adjacent to an activating group) is 1. The van der Waals surface area contributed by atoms with E-state index in [1.807, 2.05) is 60.7 Å². The molecule has 0 heterocycles. The number of nitrogens with zero attached hydrogens (tertiary/aromatic N) is 2. The van der Waals surface area contributed by atoms with Crippen LogP contribution >= 0.6 is 0 Å². The Morgan fingerprint density at radius 1 is 0.850 bits per heavy atom. The van der Waals surface area contributed by atoms with Gasteiger partial charge in [-0.05, 0) is 72.6 Å². The number of carbonyl (C=O) groups is 2. The molecule has 0 bridgehead atoms. The molecule has 9 heteroatoms. The minimum atomic E-state index is -1.36. The van der Waals surface area contributed by atoms with Gasteiger partial charge in [-0.15, -0.1) is 0 Å². The SMILES string of the molecule is CN(CC(O)[C@H](Cc1ccccc1)N(C(=O)[O-])C(C)(C)C)C[C@@H](O)[C@H](Cc1ccccc1)NC(=O)OC(C)(C)C. The highest BCUT2D eigenvalue weighted by Crippen LogP contribution is 2.23. The summed E-state index contributed by atoms with van der Waals surface area (Å²) in [5.41, 5.74) is 0.311. The first-order chi connectivity index (χ1) is 18.6. The molecule has 0 aliphatic heterocycles. The van der Waals surface area contributed by atoms with Crippen LogP contribution in [-0.2, 0) is 17.6 Å². The molecule has 0 saturated carbocycles. The second-order valence-electron chi connectivity index (χ2n) is 12.4. The number of benzene rings is 2. The normalized spacial score (nSPS) is 15.2. The molecule has 2 aromatic rings. The number of hydrogen-bond donors (Lipinski definition) is 3. The molecule has 0 radical (unpaired) electrons. The molecule has 0 fully saturated rings. The number of aliphatic hydroxyl groups is 2. The van der Waals surface area contributed by atoms with Crippen LogP contribution in [0.4, 0.5) is 9.59 Å². The molecular formula is C31H46N3O6-. The molecule has 0 spiro atoms. The molecule has 2 rings (SSSR count). The largest absolute Gasteiger partial charge is 0.530 e. The molecule has 0 aliphatic carbocycles. The van der Waals surface area contributed by atoms with Gasteiger partial charge in [-0.3, -0.25) is 0 Å². The van der Waals surface area contributed by atoms with E-state index >= 15 is 0 Å². The molecule has 4 atom stereocenters. The molecule has 0 saturated heterocycles. The molecule has 1 unspecified atom stereocenters. The van der Waals surface area contributed by atoms with Crippen molar-refractivity contribution < 1.29 is 29.6 Å². The second kappa shape index (κ2) is 14.5. The Morgan fingerprint density at radius 2 is 1.32 bits per heavy atom. The van der Waals surface area contributed by atoms with Crippen LogP contribution in [0, 0.1) is 0 Å². The number of amides is 2. The topological polar surface area (TPSA) is 125 Å². The molecule has 40 heavy (non-hydrogen) atoms. The summed E-state index contributed by atoms with van der Waals surface area (Å²) >= 11 is 0. The van der Waals surface area contributed by atoms with Crippen LogP contribution in [0.25, 0.3) is 0 Å². The lowest BCUT2D eigenvalue weighted by Crippen LogP contribution is -2.62. The third kappa shape index (κ3) is 11.2. The maximum absolute atomic E-state index is 12.6. The van der Waals surface area contributed by atoms with Gasteiger partial charge in [0.15, 0.2) is 0 Å². The molecule has 0 aliphatic rings. The quantitative estimate of drug-likeness (QED) is 0.367. The van der Waals surface area contributed by atoms with E-state index in [9.17, 15) is 24.9 Å². The van der Waals surface area contributed by atoms with E-state index in [0.29, 0.717) is 12.8 Å². The van der Waals surface area contributed by atoms with E-state index in [-0.39, 0.29) is 13.1 Å². The van der Waals surface area contributed by atoms with Crippen molar-refractivity contribution in [2.24, 2.45) is 0 Å². The van der Waals surface area contributed by atoms with Crippen molar-refractivity contribution in [1.29, 1.82) is 0 Å². The Morgan fingerprint density at radius 3 is 1.77 bits per heavy atom. The fourth-order valence-electron chi connectivity index (χ4n) is 4.73. The average Bonchev–Trinajstić information content (AvgIpc) is 2.82. The summed E-state index contributed by atoms with van der Waals surface area (Å²) in [6, 6.07) is 17.4. The van der Waals surface area contributed by atoms with Crippen LogP contribution < -0.4 is 10.4 Å². The first kappa shape index (κ1) is 33.1. The van der Waals surface area contributed by atoms with Crippen molar-refractivity contribution in [3.63, 3.8) is 0 Å². The number of alkyl carbamates (subject to hydrolysis) is 1. The zero-order valence-electron chi connectivity index (χ0n) is 24.8. The number of carbonyl (C=O) groups excluding carboxylic acids is 2. The first-order valence-electron chi connectivity index (χ1n) is 13.7. The van der Waals surface area contributed by atoms with E-state index < -0.39 is 47.6 Å². The molecular weight excluding hydrogens is 510 g/mol. The predicted molar refractivity (Wildman–Crippen MR) is 154 cm³/mol. The van der Waals surface area contributed by atoms with Gasteiger partial charge in [0, 0.05) is 18.6 Å². The monoisotopic (exact) mass is 556 g/mol. The lowest BCUT2D eigenvalue weighted by molar-refractivity contribution is -0.275. The van der Waals surface area contributed by atoms with E-state index in [4.69, 9.17) is 4.74 Å². The standard InChI is InChI=1S/C31H47N3O6/c1-30(2,3)34(29(38)39)25(19-23-16-12-9-13-17-23)27(36)21-33(7)20-26(35)24(18-22-14-10-8-11-15-22)32-28(37)40-31(4,5)6/h8-17,24-27,35-36H,18-21H2,1-7H3,(H,32,37)(H,38,39)/p-1/t24-,25-,26+,27?/m0/s1. The molecule has 222 valence electrons. The minimum Gasteiger partial charge on any atom is -0.530 e. The lowest BCUT2D eigenvalue weighted by Gasteiger charge is -2.46. The summed E-state index contributed by atoms with van der Waals surface area (Å²) in [5.74, 6) is 0. The Hall–Kier alpha value is -3.14. The van der Waals surface area contributed by atoms with Crippen molar-refractivity contribution >= 4 is 12.2 Å². The number of nitrogens with one attached hydrogen (secondary N) is 1. The van der Waals surface area contributed by atoms with Crippen molar-refractivity contribution in [2.75, 3.05) is 20.1 Å².